The van der Waals surface area contributed by atoms with Gasteiger partial charge >= 0.3 is 5.97 Å². The zero-order valence-electron chi connectivity index (χ0n) is 9.62. The van der Waals surface area contributed by atoms with Crippen molar-refractivity contribution in [1.29, 1.82) is 0 Å². The van der Waals surface area contributed by atoms with Gasteiger partial charge in [-0.15, -0.1) is 0 Å². The van der Waals surface area contributed by atoms with Gasteiger partial charge in [-0.05, 0) is 13.8 Å². The second-order valence-corrected chi connectivity index (χ2v) is 3.34. The van der Waals surface area contributed by atoms with Crippen molar-refractivity contribution in [2.75, 3.05) is 6.61 Å². The number of carbonyl (C=O) groups excluding carboxylic acids is 1. The molecule has 0 aromatic carbocycles. The predicted molar refractivity (Wildman–Crippen MR) is 59.8 cm³/mol. The van der Waals surface area contributed by atoms with Crippen LogP contribution in [0.4, 0.5) is 0 Å². The van der Waals surface area contributed by atoms with Crippen molar-refractivity contribution in [3.63, 3.8) is 0 Å². The molecule has 0 fully saturated rings. The van der Waals surface area contributed by atoms with Crippen LogP contribution in [0.3, 0.4) is 0 Å². The Balaban J connectivity index is 2.37. The monoisotopic (exact) mass is 232 g/mol. The van der Waals surface area contributed by atoms with E-state index in [1.165, 1.54) is 6.20 Å². The summed E-state index contributed by atoms with van der Waals surface area (Å²) in [5, 5.41) is 4.10. The third-order valence-electron chi connectivity index (χ3n) is 2.27. The lowest BCUT2D eigenvalue weighted by molar-refractivity contribution is 0.0525. The molecule has 0 atom stereocenters. The minimum Gasteiger partial charge on any atom is -0.462 e. The highest BCUT2D eigenvalue weighted by atomic mass is 16.5. The number of hydrogen-bond donors (Lipinski definition) is 0. The van der Waals surface area contributed by atoms with E-state index in [1.54, 1.807) is 37.1 Å². The lowest BCUT2D eigenvalue weighted by atomic mass is 10.3. The van der Waals surface area contributed by atoms with Crippen molar-refractivity contribution in [2.24, 2.45) is 0 Å². The Morgan fingerprint density at radius 3 is 2.88 bits per heavy atom. The topological polar surface area (TPSA) is 69.9 Å². The zero-order chi connectivity index (χ0) is 12.3. The maximum absolute atomic E-state index is 11.6. The van der Waals surface area contributed by atoms with Crippen LogP contribution in [0.1, 0.15) is 23.0 Å². The molecule has 2 rings (SSSR count). The number of hydrogen-bond acceptors (Lipinski definition) is 5. The molecule has 0 bridgehead atoms. The first kappa shape index (κ1) is 11.3. The van der Waals surface area contributed by atoms with Crippen molar-refractivity contribution in [1.82, 2.24) is 19.7 Å². The van der Waals surface area contributed by atoms with Crippen LogP contribution >= 0.6 is 0 Å². The number of ether oxygens (including phenoxy) is 1. The smallest absolute Gasteiger partial charge is 0.341 e. The Morgan fingerprint density at radius 1 is 1.41 bits per heavy atom. The molecule has 0 unspecified atom stereocenters. The average Bonchev–Trinajstić information content (AvgIpc) is 2.72. The molecule has 2 aromatic rings. The van der Waals surface area contributed by atoms with Gasteiger partial charge in [0.25, 0.3) is 0 Å². The molecule has 0 saturated heterocycles. The molecule has 0 amide bonds. The molecule has 6 heteroatoms. The molecular formula is C11H12N4O2. The Morgan fingerprint density at radius 2 is 2.24 bits per heavy atom. The third kappa shape index (κ3) is 2.15. The SMILES string of the molecule is CCOC(=O)c1cnn(-c2cnccn2)c1C. The molecule has 88 valence electrons. The zero-order valence-corrected chi connectivity index (χ0v) is 9.62. The summed E-state index contributed by atoms with van der Waals surface area (Å²) in [5.74, 6) is 0.195. The number of rotatable bonds is 3. The Hall–Kier alpha value is -2.24. The van der Waals surface area contributed by atoms with Crippen LogP contribution in [0.5, 0.6) is 0 Å². The maximum Gasteiger partial charge on any atom is 0.341 e. The lowest BCUT2D eigenvalue weighted by Gasteiger charge is -2.03. The molecule has 0 aliphatic carbocycles. The van der Waals surface area contributed by atoms with E-state index in [4.69, 9.17) is 4.74 Å². The molecular weight excluding hydrogens is 220 g/mol. The summed E-state index contributed by atoms with van der Waals surface area (Å²) in [6.45, 7) is 3.89. The van der Waals surface area contributed by atoms with Gasteiger partial charge in [0, 0.05) is 12.4 Å². The van der Waals surface area contributed by atoms with E-state index in [-0.39, 0.29) is 5.97 Å². The molecule has 0 aliphatic rings. The van der Waals surface area contributed by atoms with Crippen LogP contribution < -0.4 is 0 Å². The van der Waals surface area contributed by atoms with Crippen LogP contribution in [-0.2, 0) is 4.74 Å². The number of carbonyl (C=O) groups is 1. The number of aromatic nitrogens is 4. The Kier molecular flexibility index (Phi) is 3.13. The first-order valence-electron chi connectivity index (χ1n) is 5.22. The summed E-state index contributed by atoms with van der Waals surface area (Å²) in [6, 6.07) is 0. The van der Waals surface area contributed by atoms with Crippen LogP contribution in [-0.4, -0.2) is 32.3 Å². The fourth-order valence-electron chi connectivity index (χ4n) is 1.45. The molecule has 2 heterocycles. The van der Waals surface area contributed by atoms with Gasteiger partial charge in [0.05, 0.1) is 24.7 Å². The summed E-state index contributed by atoms with van der Waals surface area (Å²) in [7, 11) is 0. The summed E-state index contributed by atoms with van der Waals surface area (Å²) in [5.41, 5.74) is 1.13. The molecule has 0 radical (unpaired) electrons. The van der Waals surface area contributed by atoms with E-state index in [0.29, 0.717) is 23.7 Å². The normalized spacial score (nSPS) is 10.2. The van der Waals surface area contributed by atoms with E-state index in [2.05, 4.69) is 15.1 Å². The van der Waals surface area contributed by atoms with E-state index >= 15 is 0 Å². The Bertz CT molecular complexity index is 522. The van der Waals surface area contributed by atoms with Crippen LogP contribution in [0.2, 0.25) is 0 Å². The van der Waals surface area contributed by atoms with E-state index in [9.17, 15) is 4.79 Å². The molecule has 17 heavy (non-hydrogen) atoms. The maximum atomic E-state index is 11.6. The highest BCUT2D eigenvalue weighted by molar-refractivity contribution is 5.90. The largest absolute Gasteiger partial charge is 0.462 e. The van der Waals surface area contributed by atoms with Crippen LogP contribution in [0, 0.1) is 6.92 Å². The standard InChI is InChI=1S/C11H12N4O2/c1-3-17-11(16)9-6-14-15(8(9)2)10-7-12-4-5-13-10/h4-7H,3H2,1-2H3. The van der Waals surface area contributed by atoms with Gasteiger partial charge in [-0.25, -0.2) is 14.5 Å². The van der Waals surface area contributed by atoms with E-state index in [0.717, 1.165) is 0 Å². The molecule has 0 aliphatic heterocycles. The average molecular weight is 232 g/mol. The summed E-state index contributed by atoms with van der Waals surface area (Å²) < 4.78 is 6.48. The fourth-order valence-corrected chi connectivity index (χ4v) is 1.45. The van der Waals surface area contributed by atoms with Gasteiger partial charge in [-0.3, -0.25) is 4.98 Å². The highest BCUT2D eigenvalue weighted by Gasteiger charge is 2.16. The van der Waals surface area contributed by atoms with Crippen molar-refractivity contribution < 1.29 is 9.53 Å². The van der Waals surface area contributed by atoms with Crippen molar-refractivity contribution in [3.05, 3.63) is 36.0 Å². The predicted octanol–water partition coefficient (Wildman–Crippen LogP) is 1.15. The molecule has 2 aromatic heterocycles. The van der Waals surface area contributed by atoms with Crippen molar-refractivity contribution in [3.8, 4) is 5.82 Å². The number of nitrogens with zero attached hydrogens (tertiary/aromatic N) is 4. The van der Waals surface area contributed by atoms with Gasteiger partial charge in [-0.2, -0.15) is 5.10 Å². The Labute approximate surface area is 98.3 Å². The molecule has 0 N–H and O–H groups in total. The molecule has 6 nitrogen and oxygen atoms in total. The van der Waals surface area contributed by atoms with E-state index < -0.39 is 0 Å². The first-order chi connectivity index (χ1) is 8.24. The second kappa shape index (κ2) is 4.73. The highest BCUT2D eigenvalue weighted by Crippen LogP contribution is 2.12. The van der Waals surface area contributed by atoms with Crippen molar-refractivity contribution in [2.45, 2.75) is 13.8 Å². The van der Waals surface area contributed by atoms with Crippen molar-refractivity contribution >= 4 is 5.97 Å². The minimum absolute atomic E-state index is 0.342. The summed E-state index contributed by atoms with van der Waals surface area (Å²) >= 11 is 0. The summed E-state index contributed by atoms with van der Waals surface area (Å²) in [4.78, 5) is 19.7. The van der Waals surface area contributed by atoms with E-state index in [1.807, 2.05) is 0 Å². The fraction of sp³-hybridized carbons (Fsp3) is 0.273. The van der Waals surface area contributed by atoms with Crippen LogP contribution in [0.25, 0.3) is 5.82 Å². The van der Waals surface area contributed by atoms with Gasteiger partial charge in [0.2, 0.25) is 0 Å². The number of esters is 1. The first-order valence-corrected chi connectivity index (χ1v) is 5.22. The second-order valence-electron chi connectivity index (χ2n) is 3.34. The summed E-state index contributed by atoms with van der Waals surface area (Å²) in [6.07, 6.45) is 6.20. The lowest BCUT2D eigenvalue weighted by Crippen LogP contribution is -2.07. The van der Waals surface area contributed by atoms with Gasteiger partial charge < -0.3 is 4.74 Å². The molecule has 0 spiro atoms. The third-order valence-corrected chi connectivity index (χ3v) is 2.27. The minimum atomic E-state index is -0.375. The van der Waals surface area contributed by atoms with Gasteiger partial charge in [0.1, 0.15) is 5.56 Å². The van der Waals surface area contributed by atoms with Gasteiger partial charge in [-0.1, -0.05) is 0 Å². The quantitative estimate of drug-likeness (QED) is 0.742. The van der Waals surface area contributed by atoms with Gasteiger partial charge in [0.15, 0.2) is 5.82 Å². The van der Waals surface area contributed by atoms with Crippen LogP contribution in [0.15, 0.2) is 24.8 Å². The molecule has 0 saturated carbocycles.